The largest absolute Gasteiger partial charge is 0.345 e. The van der Waals surface area contributed by atoms with Gasteiger partial charge in [-0.15, -0.1) is 11.3 Å². The number of anilines is 1. The number of nitrogens with two attached hydrogens (primary N) is 1. The third-order valence-electron chi connectivity index (χ3n) is 2.69. The van der Waals surface area contributed by atoms with Crippen molar-refractivity contribution in [3.63, 3.8) is 0 Å². The van der Waals surface area contributed by atoms with Crippen LogP contribution in [-0.2, 0) is 0 Å². The van der Waals surface area contributed by atoms with Crippen molar-refractivity contribution >= 4 is 16.5 Å². The van der Waals surface area contributed by atoms with E-state index in [0.717, 1.165) is 18.1 Å². The monoisotopic (exact) mass is 211 g/mol. The van der Waals surface area contributed by atoms with Crippen LogP contribution in [0.2, 0.25) is 0 Å². The maximum absolute atomic E-state index is 5.84. The molecule has 1 aromatic heterocycles. The summed E-state index contributed by atoms with van der Waals surface area (Å²) in [6.45, 7) is 3.23. The van der Waals surface area contributed by atoms with Crippen LogP contribution in [0, 0.1) is 0 Å². The Balaban J connectivity index is 2.04. The molecule has 0 radical (unpaired) electrons. The van der Waals surface area contributed by atoms with Crippen molar-refractivity contribution in [3.05, 3.63) is 11.6 Å². The summed E-state index contributed by atoms with van der Waals surface area (Å²) in [5.41, 5.74) is 5.84. The van der Waals surface area contributed by atoms with E-state index in [4.69, 9.17) is 5.73 Å². The minimum absolute atomic E-state index is 0.292. The van der Waals surface area contributed by atoms with Crippen LogP contribution in [0.5, 0.6) is 0 Å². The lowest BCUT2D eigenvalue weighted by Gasteiger charge is -2.25. The zero-order valence-corrected chi connectivity index (χ0v) is 9.33. The average molecular weight is 211 g/mol. The van der Waals surface area contributed by atoms with Crippen LogP contribution in [0.25, 0.3) is 0 Å². The zero-order valence-electron chi connectivity index (χ0n) is 8.52. The molecule has 2 unspecified atom stereocenters. The van der Waals surface area contributed by atoms with E-state index in [-0.39, 0.29) is 0 Å². The molecule has 1 aliphatic heterocycles. The third kappa shape index (κ3) is 2.07. The molecular formula is C10H17N3S. The number of aromatic nitrogens is 1. The van der Waals surface area contributed by atoms with Crippen LogP contribution in [-0.4, -0.2) is 23.6 Å². The van der Waals surface area contributed by atoms with Crippen LogP contribution in [0.4, 0.5) is 5.13 Å². The molecule has 1 saturated heterocycles. The van der Waals surface area contributed by atoms with E-state index in [0.29, 0.717) is 12.1 Å². The molecule has 0 saturated carbocycles. The summed E-state index contributed by atoms with van der Waals surface area (Å²) < 4.78 is 0. The molecule has 2 heterocycles. The van der Waals surface area contributed by atoms with Gasteiger partial charge in [0, 0.05) is 30.2 Å². The summed E-state index contributed by atoms with van der Waals surface area (Å²) in [6.07, 6.45) is 5.50. The molecule has 3 nitrogen and oxygen atoms in total. The van der Waals surface area contributed by atoms with Gasteiger partial charge in [-0.3, -0.25) is 0 Å². The summed E-state index contributed by atoms with van der Waals surface area (Å²) in [5, 5.41) is 3.20. The van der Waals surface area contributed by atoms with E-state index in [9.17, 15) is 0 Å². The van der Waals surface area contributed by atoms with Crippen molar-refractivity contribution in [2.45, 2.75) is 38.3 Å². The summed E-state index contributed by atoms with van der Waals surface area (Å²) in [7, 11) is 0. The van der Waals surface area contributed by atoms with E-state index in [1.165, 1.54) is 12.8 Å². The van der Waals surface area contributed by atoms with Crippen LogP contribution in [0.1, 0.15) is 26.2 Å². The fourth-order valence-electron chi connectivity index (χ4n) is 2.12. The summed E-state index contributed by atoms with van der Waals surface area (Å²) in [4.78, 5) is 6.77. The molecule has 2 rings (SSSR count). The van der Waals surface area contributed by atoms with Gasteiger partial charge >= 0.3 is 0 Å². The zero-order chi connectivity index (χ0) is 9.97. The van der Waals surface area contributed by atoms with Gasteiger partial charge in [-0.05, 0) is 26.2 Å². The highest BCUT2D eigenvalue weighted by molar-refractivity contribution is 7.13. The minimum atomic E-state index is 0.292. The topological polar surface area (TPSA) is 42.1 Å². The van der Waals surface area contributed by atoms with E-state index in [1.807, 2.05) is 11.6 Å². The van der Waals surface area contributed by atoms with Crippen molar-refractivity contribution in [2.75, 3.05) is 11.4 Å². The molecule has 0 amide bonds. The summed E-state index contributed by atoms with van der Waals surface area (Å²) in [6, 6.07) is 0.904. The Labute approximate surface area is 88.9 Å². The van der Waals surface area contributed by atoms with Crippen LogP contribution < -0.4 is 10.6 Å². The highest BCUT2D eigenvalue weighted by atomic mass is 32.1. The van der Waals surface area contributed by atoms with Crippen molar-refractivity contribution in [3.8, 4) is 0 Å². The van der Waals surface area contributed by atoms with Gasteiger partial charge in [0.1, 0.15) is 0 Å². The van der Waals surface area contributed by atoms with Crippen molar-refractivity contribution in [2.24, 2.45) is 5.73 Å². The molecule has 0 aliphatic carbocycles. The fourth-order valence-corrected chi connectivity index (χ4v) is 2.86. The molecule has 0 aromatic carbocycles. The molecule has 1 aromatic rings. The Morgan fingerprint density at radius 2 is 2.64 bits per heavy atom. The van der Waals surface area contributed by atoms with E-state index < -0.39 is 0 Å². The molecule has 0 spiro atoms. The molecule has 0 bridgehead atoms. The van der Waals surface area contributed by atoms with Gasteiger partial charge in [0.2, 0.25) is 0 Å². The standard InChI is InChI=1S/C10H17N3S/c1-8(11)7-9-3-2-5-13(9)10-12-4-6-14-10/h4,6,8-9H,2-3,5,7,11H2,1H3. The Bertz CT molecular complexity index is 271. The number of rotatable bonds is 3. The second-order valence-corrected chi connectivity index (χ2v) is 4.89. The van der Waals surface area contributed by atoms with Gasteiger partial charge in [-0.25, -0.2) is 4.98 Å². The first-order valence-corrected chi connectivity index (χ1v) is 6.07. The predicted molar refractivity (Wildman–Crippen MR) is 60.7 cm³/mol. The first-order chi connectivity index (χ1) is 6.77. The quantitative estimate of drug-likeness (QED) is 0.829. The predicted octanol–water partition coefficient (Wildman–Crippen LogP) is 1.85. The second kappa shape index (κ2) is 4.28. The maximum Gasteiger partial charge on any atom is 0.185 e. The SMILES string of the molecule is CC(N)CC1CCCN1c1nccs1. The Morgan fingerprint density at radius 1 is 1.79 bits per heavy atom. The van der Waals surface area contributed by atoms with Gasteiger partial charge in [0.15, 0.2) is 5.13 Å². The fraction of sp³-hybridized carbons (Fsp3) is 0.700. The molecule has 78 valence electrons. The maximum atomic E-state index is 5.84. The lowest BCUT2D eigenvalue weighted by molar-refractivity contribution is 0.544. The van der Waals surface area contributed by atoms with Gasteiger partial charge in [-0.2, -0.15) is 0 Å². The van der Waals surface area contributed by atoms with Crippen molar-refractivity contribution in [1.82, 2.24) is 4.98 Å². The van der Waals surface area contributed by atoms with Crippen molar-refractivity contribution < 1.29 is 0 Å². The summed E-state index contributed by atoms with van der Waals surface area (Å²) >= 11 is 1.73. The number of nitrogens with zero attached hydrogens (tertiary/aromatic N) is 2. The van der Waals surface area contributed by atoms with E-state index >= 15 is 0 Å². The molecule has 2 atom stereocenters. The Morgan fingerprint density at radius 3 is 3.29 bits per heavy atom. The Hall–Kier alpha value is -0.610. The lowest BCUT2D eigenvalue weighted by atomic mass is 10.1. The van der Waals surface area contributed by atoms with Gasteiger partial charge in [0.05, 0.1) is 0 Å². The number of hydrogen-bond donors (Lipinski definition) is 1. The third-order valence-corrected chi connectivity index (χ3v) is 3.49. The second-order valence-electron chi connectivity index (χ2n) is 4.02. The van der Waals surface area contributed by atoms with Gasteiger partial charge < -0.3 is 10.6 Å². The van der Waals surface area contributed by atoms with E-state index in [2.05, 4.69) is 16.8 Å². The van der Waals surface area contributed by atoms with Gasteiger partial charge in [-0.1, -0.05) is 0 Å². The minimum Gasteiger partial charge on any atom is -0.345 e. The first kappa shape index (κ1) is 9.93. The van der Waals surface area contributed by atoms with E-state index in [1.54, 1.807) is 11.3 Å². The molecule has 2 N–H and O–H groups in total. The normalized spacial score (nSPS) is 24.1. The van der Waals surface area contributed by atoms with Crippen LogP contribution in [0.3, 0.4) is 0 Å². The average Bonchev–Trinajstić information content (AvgIpc) is 2.70. The summed E-state index contributed by atoms with van der Waals surface area (Å²) in [5.74, 6) is 0. The molecular weight excluding hydrogens is 194 g/mol. The molecule has 14 heavy (non-hydrogen) atoms. The highest BCUT2D eigenvalue weighted by Gasteiger charge is 2.26. The smallest absolute Gasteiger partial charge is 0.185 e. The molecule has 1 aliphatic rings. The number of hydrogen-bond acceptors (Lipinski definition) is 4. The molecule has 4 heteroatoms. The highest BCUT2D eigenvalue weighted by Crippen LogP contribution is 2.28. The van der Waals surface area contributed by atoms with Crippen LogP contribution in [0.15, 0.2) is 11.6 Å². The number of thiazole rings is 1. The molecule has 1 fully saturated rings. The lowest BCUT2D eigenvalue weighted by Crippen LogP contribution is -2.34. The Kier molecular flexibility index (Phi) is 3.03. The first-order valence-electron chi connectivity index (χ1n) is 5.19. The van der Waals surface area contributed by atoms with Crippen LogP contribution >= 0.6 is 11.3 Å². The van der Waals surface area contributed by atoms with Gasteiger partial charge in [0.25, 0.3) is 0 Å². The van der Waals surface area contributed by atoms with Crippen molar-refractivity contribution in [1.29, 1.82) is 0 Å².